The van der Waals surface area contributed by atoms with Gasteiger partial charge in [0.25, 0.3) is 0 Å². The van der Waals surface area contributed by atoms with E-state index in [4.69, 9.17) is 0 Å². The summed E-state index contributed by atoms with van der Waals surface area (Å²) < 4.78 is 0. The lowest BCUT2D eigenvalue weighted by molar-refractivity contribution is 0.0633. The monoisotopic (exact) mass is 225 g/mol. The Bertz CT molecular complexity index is 219. The van der Waals surface area contributed by atoms with Crippen molar-refractivity contribution in [2.24, 2.45) is 5.92 Å². The highest BCUT2D eigenvalue weighted by molar-refractivity contribution is 4.87. The van der Waals surface area contributed by atoms with Gasteiger partial charge in [0.15, 0.2) is 0 Å². The van der Waals surface area contributed by atoms with Crippen LogP contribution in [0.2, 0.25) is 0 Å². The van der Waals surface area contributed by atoms with Crippen molar-refractivity contribution >= 4 is 0 Å². The van der Waals surface area contributed by atoms with Crippen molar-refractivity contribution in [1.82, 2.24) is 15.1 Å². The molecule has 94 valence electrons. The molecule has 2 rings (SSSR count). The fraction of sp³-hybridized carbons (Fsp3) is 1.00. The topological polar surface area (TPSA) is 18.5 Å². The smallest absolute Gasteiger partial charge is 0.0247 e. The number of hydrogen-bond acceptors (Lipinski definition) is 3. The van der Waals surface area contributed by atoms with Gasteiger partial charge in [-0.2, -0.15) is 0 Å². The molecule has 3 nitrogen and oxygen atoms in total. The summed E-state index contributed by atoms with van der Waals surface area (Å²) in [6.45, 7) is 7.32. The molecule has 0 spiro atoms. The molecular weight excluding hydrogens is 198 g/mol. The summed E-state index contributed by atoms with van der Waals surface area (Å²) >= 11 is 0. The summed E-state index contributed by atoms with van der Waals surface area (Å²) in [6, 6.07) is 1.51. The molecule has 0 aliphatic carbocycles. The van der Waals surface area contributed by atoms with Gasteiger partial charge in [-0.1, -0.05) is 6.92 Å². The molecule has 16 heavy (non-hydrogen) atoms. The number of nitrogens with one attached hydrogen (secondary N) is 1. The lowest BCUT2D eigenvalue weighted by Crippen LogP contribution is -2.55. The SMILES string of the molecule is CC1CCNCC1N(C)C1CCCN(C)C1. The second-order valence-electron chi connectivity index (χ2n) is 5.76. The van der Waals surface area contributed by atoms with E-state index >= 15 is 0 Å². The van der Waals surface area contributed by atoms with Crippen molar-refractivity contribution < 1.29 is 0 Å². The molecule has 0 aromatic heterocycles. The van der Waals surface area contributed by atoms with E-state index in [0.29, 0.717) is 0 Å². The zero-order valence-electron chi connectivity index (χ0n) is 11.1. The van der Waals surface area contributed by atoms with E-state index in [1.165, 1.54) is 45.4 Å². The number of hydrogen-bond donors (Lipinski definition) is 1. The number of rotatable bonds is 2. The van der Waals surface area contributed by atoms with Crippen LogP contribution in [0, 0.1) is 5.92 Å². The van der Waals surface area contributed by atoms with Crippen LogP contribution in [0.1, 0.15) is 26.2 Å². The molecule has 0 saturated carbocycles. The Morgan fingerprint density at radius 2 is 2.12 bits per heavy atom. The maximum Gasteiger partial charge on any atom is 0.0247 e. The van der Waals surface area contributed by atoms with Gasteiger partial charge in [0.05, 0.1) is 0 Å². The molecule has 2 aliphatic rings. The Hall–Kier alpha value is -0.120. The summed E-state index contributed by atoms with van der Waals surface area (Å²) in [4.78, 5) is 5.12. The zero-order valence-corrected chi connectivity index (χ0v) is 11.1. The minimum absolute atomic E-state index is 0.741. The lowest BCUT2D eigenvalue weighted by Gasteiger charge is -2.44. The van der Waals surface area contributed by atoms with Gasteiger partial charge >= 0.3 is 0 Å². The largest absolute Gasteiger partial charge is 0.315 e. The highest BCUT2D eigenvalue weighted by atomic mass is 15.2. The summed E-state index contributed by atoms with van der Waals surface area (Å²) in [5, 5.41) is 3.54. The van der Waals surface area contributed by atoms with Crippen molar-refractivity contribution in [1.29, 1.82) is 0 Å². The summed E-state index contributed by atoms with van der Waals surface area (Å²) in [7, 11) is 4.58. The third-order valence-corrected chi connectivity index (χ3v) is 4.49. The second-order valence-corrected chi connectivity index (χ2v) is 5.76. The van der Waals surface area contributed by atoms with Gasteiger partial charge in [-0.05, 0) is 52.4 Å². The van der Waals surface area contributed by atoms with E-state index in [1.54, 1.807) is 0 Å². The second kappa shape index (κ2) is 5.48. The molecule has 3 heteroatoms. The van der Waals surface area contributed by atoms with Crippen LogP contribution in [-0.4, -0.2) is 62.2 Å². The van der Waals surface area contributed by atoms with Gasteiger partial charge in [0.1, 0.15) is 0 Å². The average molecular weight is 225 g/mol. The molecule has 3 atom stereocenters. The predicted molar refractivity (Wildman–Crippen MR) is 68.7 cm³/mol. The zero-order chi connectivity index (χ0) is 11.5. The molecule has 1 N–H and O–H groups in total. The van der Waals surface area contributed by atoms with E-state index < -0.39 is 0 Å². The van der Waals surface area contributed by atoms with E-state index in [1.807, 2.05) is 0 Å². The molecule has 0 bridgehead atoms. The standard InChI is InChI=1S/C13H27N3/c1-11-6-7-14-9-13(11)16(3)12-5-4-8-15(2)10-12/h11-14H,4-10H2,1-3H3. The van der Waals surface area contributed by atoms with Crippen LogP contribution in [0.15, 0.2) is 0 Å². The first-order valence-corrected chi connectivity index (χ1v) is 6.79. The molecule has 3 unspecified atom stereocenters. The molecule has 2 heterocycles. The number of likely N-dealkylation sites (N-methyl/N-ethyl adjacent to an activating group) is 2. The van der Waals surface area contributed by atoms with Crippen LogP contribution in [-0.2, 0) is 0 Å². The Kier molecular flexibility index (Phi) is 4.22. The minimum atomic E-state index is 0.741. The Morgan fingerprint density at radius 3 is 2.81 bits per heavy atom. The molecule has 0 aromatic carbocycles. The maximum absolute atomic E-state index is 3.54. The number of piperidine rings is 2. The lowest BCUT2D eigenvalue weighted by atomic mass is 9.91. The minimum Gasteiger partial charge on any atom is -0.315 e. The van der Waals surface area contributed by atoms with Crippen molar-refractivity contribution in [2.45, 2.75) is 38.3 Å². The maximum atomic E-state index is 3.54. The third kappa shape index (κ3) is 2.76. The molecule has 0 aromatic rings. The van der Waals surface area contributed by atoms with Gasteiger partial charge < -0.3 is 10.2 Å². The van der Waals surface area contributed by atoms with Gasteiger partial charge in [0, 0.05) is 25.2 Å². The predicted octanol–water partition coefficient (Wildman–Crippen LogP) is 1.01. The van der Waals surface area contributed by atoms with Crippen LogP contribution >= 0.6 is 0 Å². The Balaban J connectivity index is 1.91. The van der Waals surface area contributed by atoms with Gasteiger partial charge in [-0.15, -0.1) is 0 Å². The van der Waals surface area contributed by atoms with E-state index in [0.717, 1.165) is 18.0 Å². The van der Waals surface area contributed by atoms with Crippen molar-refractivity contribution in [2.75, 3.05) is 40.3 Å². The summed E-state index contributed by atoms with van der Waals surface area (Å²) in [5.41, 5.74) is 0. The Labute approximate surface area is 100 Å². The highest BCUT2D eigenvalue weighted by Crippen LogP contribution is 2.22. The van der Waals surface area contributed by atoms with Crippen molar-refractivity contribution in [3.63, 3.8) is 0 Å². The van der Waals surface area contributed by atoms with Crippen LogP contribution in [0.25, 0.3) is 0 Å². The molecular formula is C13H27N3. The van der Waals surface area contributed by atoms with Crippen molar-refractivity contribution in [3.05, 3.63) is 0 Å². The average Bonchev–Trinajstić information content (AvgIpc) is 2.29. The third-order valence-electron chi connectivity index (χ3n) is 4.49. The summed E-state index contributed by atoms with van der Waals surface area (Å²) in [5.74, 6) is 0.846. The molecule has 0 radical (unpaired) electrons. The van der Waals surface area contributed by atoms with Crippen LogP contribution in [0.3, 0.4) is 0 Å². The fourth-order valence-electron chi connectivity index (χ4n) is 3.26. The van der Waals surface area contributed by atoms with Crippen LogP contribution in [0.4, 0.5) is 0 Å². The summed E-state index contributed by atoms with van der Waals surface area (Å²) in [6.07, 6.45) is 4.07. The van der Waals surface area contributed by atoms with Gasteiger partial charge in [0.2, 0.25) is 0 Å². The molecule has 2 fully saturated rings. The molecule has 0 amide bonds. The normalized spacial score (nSPS) is 37.9. The Morgan fingerprint density at radius 1 is 1.31 bits per heavy atom. The first-order valence-electron chi connectivity index (χ1n) is 6.79. The first kappa shape index (κ1) is 12.3. The van der Waals surface area contributed by atoms with Gasteiger partial charge in [-0.25, -0.2) is 0 Å². The van der Waals surface area contributed by atoms with E-state index in [-0.39, 0.29) is 0 Å². The molecule has 2 saturated heterocycles. The fourth-order valence-corrected chi connectivity index (χ4v) is 3.26. The number of nitrogens with zero attached hydrogens (tertiary/aromatic N) is 2. The van der Waals surface area contributed by atoms with E-state index in [9.17, 15) is 0 Å². The van der Waals surface area contributed by atoms with E-state index in [2.05, 4.69) is 36.1 Å². The first-order chi connectivity index (χ1) is 7.68. The molecule has 2 aliphatic heterocycles. The number of likely N-dealkylation sites (tertiary alicyclic amines) is 1. The van der Waals surface area contributed by atoms with Crippen LogP contribution < -0.4 is 5.32 Å². The quantitative estimate of drug-likeness (QED) is 0.757. The van der Waals surface area contributed by atoms with Crippen LogP contribution in [0.5, 0.6) is 0 Å². The van der Waals surface area contributed by atoms with Gasteiger partial charge in [-0.3, -0.25) is 4.90 Å². The van der Waals surface area contributed by atoms with Crippen molar-refractivity contribution in [3.8, 4) is 0 Å². The highest BCUT2D eigenvalue weighted by Gasteiger charge is 2.30.